The molecule has 5 rings (SSSR count). The lowest BCUT2D eigenvalue weighted by molar-refractivity contribution is 0.605. The first-order valence-corrected chi connectivity index (χ1v) is 9.54. The van der Waals surface area contributed by atoms with Gasteiger partial charge in [-0.2, -0.15) is 0 Å². The lowest BCUT2D eigenvalue weighted by Crippen LogP contribution is -2.27. The van der Waals surface area contributed by atoms with Crippen LogP contribution in [0.15, 0.2) is 48.8 Å². The fraction of sp³-hybridized carbons (Fsp3) is 0.190. The Bertz CT molecular complexity index is 1170. The summed E-state index contributed by atoms with van der Waals surface area (Å²) in [5.74, 6) is 0.549. The summed E-state index contributed by atoms with van der Waals surface area (Å²) < 4.78 is 13.5. The third-order valence-electron chi connectivity index (χ3n) is 5.11. The van der Waals surface area contributed by atoms with Gasteiger partial charge < -0.3 is 10.3 Å². The summed E-state index contributed by atoms with van der Waals surface area (Å²) in [5, 5.41) is 5.06. The number of pyridine rings is 1. The number of benzene rings is 1. The molecule has 2 N–H and O–H groups in total. The van der Waals surface area contributed by atoms with Gasteiger partial charge in [-0.25, -0.2) is 14.4 Å². The second-order valence-electron chi connectivity index (χ2n) is 7.00. The zero-order valence-corrected chi connectivity index (χ0v) is 15.7. The SMILES string of the molecule is Fc1cncc(-c2nc(Cl)cc(N[C@@H]3CCc4[nH]c5ccccc5c4C3)n2)c1. The van der Waals surface area contributed by atoms with E-state index in [9.17, 15) is 4.39 Å². The number of H-pyrrole nitrogens is 1. The number of rotatable bonds is 3. The predicted octanol–water partition coefficient (Wildman–Crippen LogP) is 4.78. The summed E-state index contributed by atoms with van der Waals surface area (Å²) in [4.78, 5) is 16.1. The average molecular weight is 394 g/mol. The number of para-hydroxylation sites is 1. The van der Waals surface area contributed by atoms with Crippen LogP contribution >= 0.6 is 11.6 Å². The second kappa shape index (κ2) is 6.87. The molecule has 140 valence electrons. The van der Waals surface area contributed by atoms with Crippen LogP contribution in [0.1, 0.15) is 17.7 Å². The van der Waals surface area contributed by atoms with Gasteiger partial charge in [0.2, 0.25) is 0 Å². The minimum atomic E-state index is -0.435. The van der Waals surface area contributed by atoms with E-state index < -0.39 is 5.82 Å². The molecule has 1 atom stereocenters. The van der Waals surface area contributed by atoms with Crippen molar-refractivity contribution in [2.24, 2.45) is 0 Å². The van der Waals surface area contributed by atoms with Crippen LogP contribution in [-0.2, 0) is 12.8 Å². The fourth-order valence-corrected chi connectivity index (χ4v) is 4.04. The van der Waals surface area contributed by atoms with Gasteiger partial charge in [0.25, 0.3) is 0 Å². The molecule has 1 aliphatic carbocycles. The molecule has 0 unspecified atom stereocenters. The van der Waals surface area contributed by atoms with E-state index in [4.69, 9.17) is 11.6 Å². The summed E-state index contributed by atoms with van der Waals surface area (Å²) in [7, 11) is 0. The van der Waals surface area contributed by atoms with Gasteiger partial charge >= 0.3 is 0 Å². The normalized spacial score (nSPS) is 16.1. The molecule has 4 aromatic rings. The van der Waals surface area contributed by atoms with Gasteiger partial charge in [0.15, 0.2) is 5.82 Å². The standard InChI is InChI=1S/C21H17ClFN5/c22-19-9-20(28-21(27-19)12-7-13(23)11-24-10-12)25-14-5-6-18-16(8-14)15-3-1-2-4-17(15)26-18/h1-4,7,9-11,14,26H,5-6,8H2,(H,25,27,28)/t14-/m1/s1. The molecule has 0 radical (unpaired) electrons. The minimum Gasteiger partial charge on any atom is -0.367 e. The van der Waals surface area contributed by atoms with Crippen LogP contribution in [-0.4, -0.2) is 26.0 Å². The number of aromatic amines is 1. The van der Waals surface area contributed by atoms with Gasteiger partial charge in [0, 0.05) is 40.5 Å². The van der Waals surface area contributed by atoms with Gasteiger partial charge in [-0.15, -0.1) is 0 Å². The molecule has 0 amide bonds. The number of nitrogens with one attached hydrogen (secondary N) is 2. The Hall–Kier alpha value is -2.99. The predicted molar refractivity (Wildman–Crippen MR) is 108 cm³/mol. The highest BCUT2D eigenvalue weighted by Gasteiger charge is 2.23. The number of fused-ring (bicyclic) bond motifs is 3. The number of halogens is 2. The maximum atomic E-state index is 13.5. The van der Waals surface area contributed by atoms with Crippen molar-refractivity contribution in [3.8, 4) is 11.4 Å². The third-order valence-corrected chi connectivity index (χ3v) is 5.30. The van der Waals surface area contributed by atoms with Crippen molar-refractivity contribution < 1.29 is 4.39 Å². The van der Waals surface area contributed by atoms with Crippen molar-refractivity contribution in [1.29, 1.82) is 0 Å². The highest BCUT2D eigenvalue weighted by Crippen LogP contribution is 2.30. The van der Waals surface area contributed by atoms with E-state index >= 15 is 0 Å². The summed E-state index contributed by atoms with van der Waals surface area (Å²) in [6.45, 7) is 0. The number of aryl methyl sites for hydroxylation is 1. The van der Waals surface area contributed by atoms with Crippen LogP contribution in [0.5, 0.6) is 0 Å². The number of anilines is 1. The van der Waals surface area contributed by atoms with Crippen molar-refractivity contribution >= 4 is 28.3 Å². The fourth-order valence-electron chi connectivity index (χ4n) is 3.86. The Morgan fingerprint density at radius 2 is 2.04 bits per heavy atom. The number of hydrogen-bond acceptors (Lipinski definition) is 4. The maximum absolute atomic E-state index is 13.5. The van der Waals surface area contributed by atoms with Crippen LogP contribution in [0.3, 0.4) is 0 Å². The third kappa shape index (κ3) is 3.20. The molecular formula is C21H17ClFN5. The topological polar surface area (TPSA) is 66.5 Å². The smallest absolute Gasteiger partial charge is 0.164 e. The molecule has 3 aromatic heterocycles. The van der Waals surface area contributed by atoms with E-state index in [1.165, 1.54) is 34.4 Å². The lowest BCUT2D eigenvalue weighted by Gasteiger charge is -2.24. The Balaban J connectivity index is 1.42. The van der Waals surface area contributed by atoms with Crippen LogP contribution in [0, 0.1) is 5.82 Å². The molecule has 0 saturated heterocycles. The minimum absolute atomic E-state index is 0.233. The molecule has 1 aliphatic rings. The van der Waals surface area contributed by atoms with Gasteiger partial charge in [0.05, 0.1) is 6.20 Å². The van der Waals surface area contributed by atoms with Gasteiger partial charge in [-0.05, 0) is 37.0 Å². The Kier molecular flexibility index (Phi) is 4.20. The van der Waals surface area contributed by atoms with Gasteiger partial charge in [-0.1, -0.05) is 29.8 Å². The largest absolute Gasteiger partial charge is 0.367 e. The Morgan fingerprint density at radius 1 is 1.14 bits per heavy atom. The molecule has 0 saturated carbocycles. The van der Waals surface area contributed by atoms with Crippen LogP contribution in [0.2, 0.25) is 5.15 Å². The van der Waals surface area contributed by atoms with Gasteiger partial charge in [0.1, 0.15) is 16.8 Å². The van der Waals surface area contributed by atoms with Crippen LogP contribution in [0.25, 0.3) is 22.3 Å². The van der Waals surface area contributed by atoms with E-state index in [0.717, 1.165) is 25.5 Å². The van der Waals surface area contributed by atoms with Crippen molar-refractivity contribution in [3.05, 3.63) is 71.0 Å². The van der Waals surface area contributed by atoms with Crippen molar-refractivity contribution in [2.45, 2.75) is 25.3 Å². The molecule has 1 aromatic carbocycles. The zero-order valence-electron chi connectivity index (χ0n) is 14.9. The van der Waals surface area contributed by atoms with Gasteiger partial charge in [-0.3, -0.25) is 4.98 Å². The van der Waals surface area contributed by atoms with Crippen LogP contribution in [0.4, 0.5) is 10.2 Å². The van der Waals surface area contributed by atoms with Crippen molar-refractivity contribution in [3.63, 3.8) is 0 Å². The molecule has 3 heterocycles. The summed E-state index contributed by atoms with van der Waals surface area (Å²) in [5.41, 5.74) is 4.34. The monoisotopic (exact) mass is 393 g/mol. The van der Waals surface area contributed by atoms with Crippen molar-refractivity contribution in [2.75, 3.05) is 5.32 Å². The average Bonchev–Trinajstić information content (AvgIpc) is 3.06. The summed E-state index contributed by atoms with van der Waals surface area (Å²) in [6, 6.07) is 11.7. The quantitative estimate of drug-likeness (QED) is 0.491. The highest BCUT2D eigenvalue weighted by molar-refractivity contribution is 6.29. The summed E-state index contributed by atoms with van der Waals surface area (Å²) in [6.07, 6.45) is 5.53. The number of nitrogens with zero attached hydrogens (tertiary/aromatic N) is 3. The molecule has 28 heavy (non-hydrogen) atoms. The zero-order chi connectivity index (χ0) is 19.1. The first-order chi connectivity index (χ1) is 13.7. The van der Waals surface area contributed by atoms with E-state index in [-0.39, 0.29) is 6.04 Å². The summed E-state index contributed by atoms with van der Waals surface area (Å²) >= 11 is 6.19. The molecular weight excluding hydrogens is 377 g/mol. The molecule has 0 fully saturated rings. The molecule has 0 bridgehead atoms. The van der Waals surface area contributed by atoms with E-state index in [0.29, 0.717) is 22.4 Å². The Labute approximate surface area is 166 Å². The van der Waals surface area contributed by atoms with Crippen LogP contribution < -0.4 is 5.32 Å². The molecule has 0 aliphatic heterocycles. The first kappa shape index (κ1) is 17.1. The Morgan fingerprint density at radius 3 is 2.93 bits per heavy atom. The maximum Gasteiger partial charge on any atom is 0.164 e. The van der Waals surface area contributed by atoms with Crippen molar-refractivity contribution in [1.82, 2.24) is 19.9 Å². The van der Waals surface area contributed by atoms with E-state index in [1.807, 2.05) is 6.07 Å². The highest BCUT2D eigenvalue weighted by atomic mass is 35.5. The first-order valence-electron chi connectivity index (χ1n) is 9.16. The van der Waals surface area contributed by atoms with E-state index in [2.05, 4.69) is 43.5 Å². The molecule has 5 nitrogen and oxygen atoms in total. The second-order valence-corrected chi connectivity index (χ2v) is 7.39. The number of hydrogen-bond donors (Lipinski definition) is 2. The molecule has 0 spiro atoms. The molecule has 7 heteroatoms. The number of aromatic nitrogens is 4. The van der Waals surface area contributed by atoms with E-state index in [1.54, 1.807) is 6.07 Å². The lowest BCUT2D eigenvalue weighted by atomic mass is 9.91.